The van der Waals surface area contributed by atoms with Gasteiger partial charge in [0.05, 0.1) is 23.8 Å². The van der Waals surface area contributed by atoms with Gasteiger partial charge in [0.15, 0.2) is 0 Å². The number of fused-ring (bicyclic) bond motifs is 1. The highest BCUT2D eigenvalue weighted by Gasteiger charge is 2.31. The number of aryl methyl sites for hydroxylation is 1. The summed E-state index contributed by atoms with van der Waals surface area (Å²) in [6.45, 7) is 4.71. The molecular formula is C28H29N3O5. The lowest BCUT2D eigenvalue weighted by Crippen LogP contribution is -2.30. The Morgan fingerprint density at radius 2 is 2.03 bits per heavy atom. The van der Waals surface area contributed by atoms with Crippen molar-refractivity contribution < 1.29 is 24.5 Å². The van der Waals surface area contributed by atoms with Gasteiger partial charge in [-0.1, -0.05) is 24.3 Å². The van der Waals surface area contributed by atoms with Crippen LogP contribution in [0.25, 0.3) is 22.8 Å². The molecular weight excluding hydrogens is 458 g/mol. The summed E-state index contributed by atoms with van der Waals surface area (Å²) in [4.78, 5) is 31.2. The van der Waals surface area contributed by atoms with Gasteiger partial charge in [0.2, 0.25) is 0 Å². The Morgan fingerprint density at radius 3 is 2.78 bits per heavy atom. The number of carbonyl (C=O) groups excluding carboxylic acids is 2. The first-order valence-electron chi connectivity index (χ1n) is 12.0. The molecule has 0 unspecified atom stereocenters. The third-order valence-electron chi connectivity index (χ3n) is 6.76. The molecule has 8 heteroatoms. The molecule has 2 aliphatic rings. The molecule has 3 heterocycles. The SMILES string of the molecule is Cc1[nH]c(/C=C2\C(=O)Nc3cccc(-c4cccc(OCCO)c4)c32)c(C)c1C(=O)N1CC[C@@H](O)C1. The fourth-order valence-electron chi connectivity index (χ4n) is 5.01. The van der Waals surface area contributed by atoms with Crippen LogP contribution in [0.1, 0.15) is 39.3 Å². The molecule has 0 saturated carbocycles. The molecule has 1 fully saturated rings. The molecule has 2 amide bonds. The average Bonchev–Trinajstić information content (AvgIpc) is 3.53. The zero-order chi connectivity index (χ0) is 25.4. The molecule has 2 aliphatic heterocycles. The van der Waals surface area contributed by atoms with E-state index in [4.69, 9.17) is 9.84 Å². The van der Waals surface area contributed by atoms with Gasteiger partial charge in [0.25, 0.3) is 11.8 Å². The van der Waals surface area contributed by atoms with Gasteiger partial charge in [-0.05, 0) is 61.2 Å². The summed E-state index contributed by atoms with van der Waals surface area (Å²) in [6, 6.07) is 13.3. The average molecular weight is 488 g/mol. The van der Waals surface area contributed by atoms with E-state index in [-0.39, 0.29) is 25.0 Å². The summed E-state index contributed by atoms with van der Waals surface area (Å²) in [5.74, 6) is 0.305. The van der Waals surface area contributed by atoms with Gasteiger partial charge in [0, 0.05) is 35.7 Å². The van der Waals surface area contributed by atoms with Crippen LogP contribution in [0, 0.1) is 13.8 Å². The van der Waals surface area contributed by atoms with Crippen LogP contribution in [0.2, 0.25) is 0 Å². The van der Waals surface area contributed by atoms with Crippen LogP contribution in [0.3, 0.4) is 0 Å². The van der Waals surface area contributed by atoms with E-state index < -0.39 is 6.10 Å². The molecule has 1 saturated heterocycles. The lowest BCUT2D eigenvalue weighted by atomic mass is 9.94. The molecule has 36 heavy (non-hydrogen) atoms. The zero-order valence-corrected chi connectivity index (χ0v) is 20.3. The summed E-state index contributed by atoms with van der Waals surface area (Å²) in [5.41, 5.74) is 6.53. The number of benzene rings is 2. The number of nitrogens with one attached hydrogen (secondary N) is 2. The Morgan fingerprint density at radius 1 is 1.22 bits per heavy atom. The second-order valence-corrected chi connectivity index (χ2v) is 9.20. The maximum atomic E-state index is 13.2. The molecule has 4 N–H and O–H groups in total. The van der Waals surface area contributed by atoms with E-state index in [9.17, 15) is 14.7 Å². The number of H-pyrrole nitrogens is 1. The quantitative estimate of drug-likeness (QED) is 0.398. The van der Waals surface area contributed by atoms with E-state index in [2.05, 4.69) is 10.3 Å². The van der Waals surface area contributed by atoms with Gasteiger partial charge >= 0.3 is 0 Å². The van der Waals surface area contributed by atoms with Gasteiger partial charge in [0.1, 0.15) is 12.4 Å². The first-order valence-corrected chi connectivity index (χ1v) is 12.0. The molecule has 0 aliphatic carbocycles. The number of aromatic amines is 1. The minimum absolute atomic E-state index is 0.0754. The number of likely N-dealkylation sites (tertiary alicyclic amines) is 1. The monoisotopic (exact) mass is 487 g/mol. The van der Waals surface area contributed by atoms with Crippen LogP contribution in [0.5, 0.6) is 5.75 Å². The standard InChI is InChI=1S/C28H29N3O5/c1-16-24(29-17(2)25(16)28(35)31-10-9-19(33)15-31)14-22-26-21(7-4-8-23(26)30-27(22)34)18-5-3-6-20(13-18)36-12-11-32/h3-8,13-14,19,29,32-33H,9-12,15H2,1-2H3,(H,30,34)/b22-14-/t19-/m1/s1. The maximum Gasteiger partial charge on any atom is 0.256 e. The molecule has 1 atom stereocenters. The molecule has 3 aromatic rings. The number of aliphatic hydroxyl groups is 2. The summed E-state index contributed by atoms with van der Waals surface area (Å²) < 4.78 is 5.58. The van der Waals surface area contributed by atoms with Crippen LogP contribution in [0.15, 0.2) is 42.5 Å². The van der Waals surface area contributed by atoms with Crippen molar-refractivity contribution in [2.24, 2.45) is 0 Å². The molecule has 8 nitrogen and oxygen atoms in total. The van der Waals surface area contributed by atoms with Crippen LogP contribution in [-0.4, -0.2) is 64.3 Å². The number of nitrogens with zero attached hydrogens (tertiary/aromatic N) is 1. The topological polar surface area (TPSA) is 115 Å². The van der Waals surface area contributed by atoms with Crippen molar-refractivity contribution in [1.29, 1.82) is 0 Å². The van der Waals surface area contributed by atoms with Crippen molar-refractivity contribution in [2.75, 3.05) is 31.6 Å². The van der Waals surface area contributed by atoms with E-state index in [1.807, 2.05) is 56.3 Å². The lowest BCUT2D eigenvalue weighted by molar-refractivity contribution is -0.110. The van der Waals surface area contributed by atoms with E-state index in [1.54, 1.807) is 11.0 Å². The Bertz CT molecular complexity index is 1370. The normalized spacial score (nSPS) is 18.0. The van der Waals surface area contributed by atoms with Crippen LogP contribution < -0.4 is 10.1 Å². The number of β-amino-alcohol motifs (C(OH)–C–C–N with tert-alkyl or cyclic N) is 1. The summed E-state index contributed by atoms with van der Waals surface area (Å²) in [6.07, 6.45) is 1.89. The minimum atomic E-state index is -0.486. The Kier molecular flexibility index (Phi) is 6.38. The number of aromatic nitrogens is 1. The highest BCUT2D eigenvalue weighted by Crippen LogP contribution is 2.41. The number of anilines is 1. The number of aliphatic hydroxyl groups excluding tert-OH is 2. The number of hydrogen-bond acceptors (Lipinski definition) is 5. The van der Waals surface area contributed by atoms with Gasteiger partial charge in [-0.2, -0.15) is 0 Å². The third kappa shape index (κ3) is 4.29. The highest BCUT2D eigenvalue weighted by molar-refractivity contribution is 6.36. The Labute approximate surface area is 209 Å². The second kappa shape index (κ2) is 9.64. The molecule has 5 rings (SSSR count). The highest BCUT2D eigenvalue weighted by atomic mass is 16.5. The van der Waals surface area contributed by atoms with Gasteiger partial charge in [-0.15, -0.1) is 0 Å². The lowest BCUT2D eigenvalue weighted by Gasteiger charge is -2.16. The molecule has 0 spiro atoms. The van der Waals surface area contributed by atoms with Crippen molar-refractivity contribution in [3.8, 4) is 16.9 Å². The van der Waals surface area contributed by atoms with E-state index in [0.717, 1.165) is 27.9 Å². The smallest absolute Gasteiger partial charge is 0.256 e. The number of amides is 2. The van der Waals surface area contributed by atoms with Gasteiger partial charge in [-0.3, -0.25) is 9.59 Å². The van der Waals surface area contributed by atoms with Crippen molar-refractivity contribution in [3.63, 3.8) is 0 Å². The van der Waals surface area contributed by atoms with Crippen molar-refractivity contribution >= 4 is 29.2 Å². The van der Waals surface area contributed by atoms with Crippen molar-refractivity contribution in [3.05, 3.63) is 70.5 Å². The fourth-order valence-corrected chi connectivity index (χ4v) is 5.01. The maximum absolute atomic E-state index is 13.2. The number of ether oxygens (including phenoxy) is 1. The predicted molar refractivity (Wildman–Crippen MR) is 138 cm³/mol. The number of rotatable bonds is 6. The molecule has 0 radical (unpaired) electrons. The zero-order valence-electron chi connectivity index (χ0n) is 20.3. The van der Waals surface area contributed by atoms with E-state index >= 15 is 0 Å². The second-order valence-electron chi connectivity index (χ2n) is 9.20. The largest absolute Gasteiger partial charge is 0.491 e. The third-order valence-corrected chi connectivity index (χ3v) is 6.76. The number of hydrogen-bond donors (Lipinski definition) is 4. The molecule has 2 aromatic carbocycles. The van der Waals surface area contributed by atoms with Gasteiger partial charge in [-0.25, -0.2) is 0 Å². The van der Waals surface area contributed by atoms with Gasteiger partial charge < -0.3 is 30.2 Å². The summed E-state index contributed by atoms with van der Waals surface area (Å²) in [7, 11) is 0. The van der Waals surface area contributed by atoms with Crippen LogP contribution >= 0.6 is 0 Å². The fraction of sp³-hybridized carbons (Fsp3) is 0.286. The molecule has 0 bridgehead atoms. The first kappa shape index (κ1) is 23.8. The summed E-state index contributed by atoms with van der Waals surface area (Å²) >= 11 is 0. The molecule has 1 aromatic heterocycles. The molecule has 186 valence electrons. The van der Waals surface area contributed by atoms with Crippen LogP contribution in [-0.2, 0) is 4.79 Å². The van der Waals surface area contributed by atoms with E-state index in [0.29, 0.717) is 47.8 Å². The predicted octanol–water partition coefficient (Wildman–Crippen LogP) is 3.37. The minimum Gasteiger partial charge on any atom is -0.491 e. The Balaban J connectivity index is 1.55. The van der Waals surface area contributed by atoms with Crippen molar-refractivity contribution in [1.82, 2.24) is 9.88 Å². The number of carbonyl (C=O) groups is 2. The Hall–Kier alpha value is -3.88. The first-order chi connectivity index (χ1) is 17.4. The van der Waals surface area contributed by atoms with Crippen molar-refractivity contribution in [2.45, 2.75) is 26.4 Å². The van der Waals surface area contributed by atoms with E-state index in [1.165, 1.54) is 0 Å². The van der Waals surface area contributed by atoms with Crippen LogP contribution in [0.4, 0.5) is 5.69 Å². The summed E-state index contributed by atoms with van der Waals surface area (Å²) in [5, 5.41) is 21.9.